The lowest BCUT2D eigenvalue weighted by Gasteiger charge is -2.20. The van der Waals surface area contributed by atoms with E-state index in [1.165, 1.54) is 11.4 Å². The molecule has 0 atom stereocenters. The minimum Gasteiger partial charge on any atom is -0.494 e. The predicted molar refractivity (Wildman–Crippen MR) is 125 cm³/mol. The van der Waals surface area contributed by atoms with Crippen LogP contribution in [0, 0.1) is 0 Å². The molecule has 0 saturated heterocycles. The maximum absolute atomic E-state index is 12.8. The van der Waals surface area contributed by atoms with Crippen molar-refractivity contribution in [2.45, 2.75) is 30.6 Å². The molecule has 0 radical (unpaired) electrons. The Morgan fingerprint density at radius 2 is 1.58 bits per heavy atom. The van der Waals surface area contributed by atoms with Crippen LogP contribution in [-0.2, 0) is 14.8 Å². The first kappa shape index (κ1) is 25.2. The van der Waals surface area contributed by atoms with E-state index >= 15 is 0 Å². The summed E-state index contributed by atoms with van der Waals surface area (Å²) in [6.07, 6.45) is 3.89. The number of anilines is 1. The van der Waals surface area contributed by atoms with Crippen molar-refractivity contribution in [2.75, 3.05) is 38.1 Å². The first-order valence-electron chi connectivity index (χ1n) is 10.1. The Morgan fingerprint density at radius 3 is 2.19 bits per heavy atom. The third kappa shape index (κ3) is 8.16. The summed E-state index contributed by atoms with van der Waals surface area (Å²) in [4.78, 5) is 12.6. The van der Waals surface area contributed by atoms with Gasteiger partial charge in [0.15, 0.2) is 0 Å². The topological polar surface area (TPSA) is 87.2 Å². The fraction of sp³-hybridized carbons (Fsp3) is 0.409. The third-order valence-corrected chi connectivity index (χ3v) is 7.11. The molecule has 0 aromatic heterocycles. The van der Waals surface area contributed by atoms with E-state index in [0.717, 1.165) is 36.7 Å². The average molecular weight is 513 g/mol. The summed E-state index contributed by atoms with van der Waals surface area (Å²) in [5, 5.41) is 8.72. The highest BCUT2D eigenvalue weighted by Gasteiger charge is 2.21. The van der Waals surface area contributed by atoms with E-state index in [4.69, 9.17) is 9.84 Å². The van der Waals surface area contributed by atoms with Crippen LogP contribution in [0.25, 0.3) is 0 Å². The summed E-state index contributed by atoms with van der Waals surface area (Å²) in [7, 11) is -0.292. The monoisotopic (exact) mass is 512 g/mol. The molecule has 7 nitrogen and oxygen atoms in total. The molecule has 31 heavy (non-hydrogen) atoms. The Bertz CT molecular complexity index is 933. The normalized spacial score (nSPS) is 11.5. The summed E-state index contributed by atoms with van der Waals surface area (Å²) in [6, 6.07) is 13.5. The van der Waals surface area contributed by atoms with Crippen LogP contribution in [0.2, 0.25) is 0 Å². The summed E-state index contributed by atoms with van der Waals surface area (Å²) in [6.45, 7) is 1.42. The number of carbonyl (C=O) groups is 1. The van der Waals surface area contributed by atoms with Gasteiger partial charge in [0.1, 0.15) is 5.75 Å². The Kier molecular flexibility index (Phi) is 9.80. The molecule has 0 fully saturated rings. The number of rotatable bonds is 13. The maximum atomic E-state index is 12.8. The van der Waals surface area contributed by atoms with Crippen molar-refractivity contribution >= 4 is 37.6 Å². The van der Waals surface area contributed by atoms with E-state index in [1.54, 1.807) is 53.4 Å². The molecule has 0 unspecified atom stereocenters. The van der Waals surface area contributed by atoms with Crippen molar-refractivity contribution in [3.05, 3.63) is 53.0 Å². The van der Waals surface area contributed by atoms with Crippen molar-refractivity contribution in [1.29, 1.82) is 0 Å². The van der Waals surface area contributed by atoms with Crippen molar-refractivity contribution < 1.29 is 23.1 Å². The zero-order chi connectivity index (χ0) is 22.9. The van der Waals surface area contributed by atoms with Gasteiger partial charge in [-0.25, -0.2) is 8.42 Å². The molecule has 0 aliphatic rings. The van der Waals surface area contributed by atoms with Crippen LogP contribution in [-0.4, -0.2) is 58.2 Å². The molecule has 0 saturated carbocycles. The lowest BCUT2D eigenvalue weighted by Crippen LogP contribution is -2.26. The minimum atomic E-state index is -3.63. The number of halogens is 1. The zero-order valence-corrected chi connectivity index (χ0v) is 20.2. The van der Waals surface area contributed by atoms with Gasteiger partial charge in [-0.05, 0) is 75.0 Å². The fourth-order valence-electron chi connectivity index (χ4n) is 2.99. The number of unbranched alkanes of at least 4 members (excludes halogenated alkanes) is 3. The number of hydrogen-bond donors (Lipinski definition) is 1. The number of benzene rings is 2. The Labute approximate surface area is 192 Å². The van der Waals surface area contributed by atoms with E-state index in [1.807, 2.05) is 7.05 Å². The van der Waals surface area contributed by atoms with E-state index in [2.05, 4.69) is 15.9 Å². The number of carboxylic acid groups (broad SMARTS) is 1. The molecule has 1 N–H and O–H groups in total. The number of aliphatic carboxylic acids is 1. The quantitative estimate of drug-likeness (QED) is 0.404. The molecule has 2 aromatic carbocycles. The fourth-order valence-corrected chi connectivity index (χ4v) is 4.45. The molecule has 0 aliphatic heterocycles. The van der Waals surface area contributed by atoms with Gasteiger partial charge in [0.05, 0.1) is 23.7 Å². The van der Waals surface area contributed by atoms with Gasteiger partial charge in [-0.2, -0.15) is 0 Å². The molecule has 0 aliphatic carbocycles. The van der Waals surface area contributed by atoms with Crippen molar-refractivity contribution in [3.8, 4) is 5.75 Å². The second-order valence-electron chi connectivity index (χ2n) is 7.31. The van der Waals surface area contributed by atoms with E-state index in [0.29, 0.717) is 18.0 Å². The van der Waals surface area contributed by atoms with Crippen LogP contribution in [0.3, 0.4) is 0 Å². The molecule has 0 bridgehead atoms. The van der Waals surface area contributed by atoms with E-state index in [-0.39, 0.29) is 11.4 Å². The van der Waals surface area contributed by atoms with Gasteiger partial charge >= 0.3 is 5.97 Å². The molecule has 9 heteroatoms. The molecule has 0 spiro atoms. The van der Waals surface area contributed by atoms with Gasteiger partial charge in [0.25, 0.3) is 10.0 Å². The molecule has 0 heterocycles. The predicted octanol–water partition coefficient (Wildman–Crippen LogP) is 4.23. The second kappa shape index (κ2) is 12.1. The van der Waals surface area contributed by atoms with Crippen LogP contribution < -0.4 is 9.04 Å². The first-order valence-corrected chi connectivity index (χ1v) is 12.3. The average Bonchev–Trinajstić information content (AvgIpc) is 2.72. The van der Waals surface area contributed by atoms with Crippen LogP contribution >= 0.6 is 15.9 Å². The molecule has 2 aromatic rings. The van der Waals surface area contributed by atoms with Gasteiger partial charge in [0.2, 0.25) is 0 Å². The highest BCUT2D eigenvalue weighted by Crippen LogP contribution is 2.25. The first-order chi connectivity index (χ1) is 14.7. The Hall–Kier alpha value is -2.10. The molecular weight excluding hydrogens is 484 g/mol. The summed E-state index contributed by atoms with van der Waals surface area (Å²) in [5.74, 6) is -0.113. The summed E-state index contributed by atoms with van der Waals surface area (Å²) < 4.78 is 33.4. The van der Waals surface area contributed by atoms with Gasteiger partial charge in [-0.15, -0.1) is 0 Å². The number of hydrogen-bond acceptors (Lipinski definition) is 5. The summed E-state index contributed by atoms with van der Waals surface area (Å²) in [5.41, 5.74) is 0.556. The molecular formula is C22H29BrN2O5S. The maximum Gasteiger partial charge on any atom is 0.317 e. The van der Waals surface area contributed by atoms with Crippen LogP contribution in [0.4, 0.5) is 5.69 Å². The highest BCUT2D eigenvalue weighted by atomic mass is 79.9. The van der Waals surface area contributed by atoms with Crippen LogP contribution in [0.5, 0.6) is 5.75 Å². The highest BCUT2D eigenvalue weighted by molar-refractivity contribution is 9.10. The summed E-state index contributed by atoms with van der Waals surface area (Å²) >= 11 is 3.31. The third-order valence-electron chi connectivity index (χ3n) is 4.78. The largest absolute Gasteiger partial charge is 0.494 e. The van der Waals surface area contributed by atoms with Gasteiger partial charge in [-0.1, -0.05) is 28.8 Å². The molecule has 0 amide bonds. The van der Waals surface area contributed by atoms with Gasteiger partial charge in [-0.3, -0.25) is 14.0 Å². The van der Waals surface area contributed by atoms with Crippen LogP contribution in [0.1, 0.15) is 25.7 Å². The van der Waals surface area contributed by atoms with Gasteiger partial charge < -0.3 is 9.84 Å². The smallest absolute Gasteiger partial charge is 0.317 e. The number of ether oxygens (including phenoxy) is 1. The molecule has 170 valence electrons. The van der Waals surface area contributed by atoms with E-state index < -0.39 is 16.0 Å². The second-order valence-corrected chi connectivity index (χ2v) is 10.2. The number of sulfonamides is 1. The Balaban J connectivity index is 1.75. The zero-order valence-electron chi connectivity index (χ0n) is 17.8. The number of carboxylic acids is 1. The lowest BCUT2D eigenvalue weighted by atomic mass is 10.2. The van der Waals surface area contributed by atoms with E-state index in [9.17, 15) is 13.2 Å². The van der Waals surface area contributed by atoms with Crippen molar-refractivity contribution in [2.24, 2.45) is 0 Å². The van der Waals surface area contributed by atoms with Crippen LogP contribution in [0.15, 0.2) is 57.9 Å². The van der Waals surface area contributed by atoms with Crippen molar-refractivity contribution in [3.63, 3.8) is 0 Å². The van der Waals surface area contributed by atoms with Gasteiger partial charge in [0, 0.05) is 11.5 Å². The number of likely N-dealkylation sites (N-methyl/N-ethyl adjacent to an activating group) is 1. The Morgan fingerprint density at radius 1 is 0.968 bits per heavy atom. The lowest BCUT2D eigenvalue weighted by molar-refractivity contribution is -0.137. The standard InChI is InChI=1S/C22H29BrN2O5S/c1-24(17-22(26)27)15-5-3-4-6-16-30-20-11-9-19(10-12-20)25(2)31(28,29)21-13-7-18(23)8-14-21/h7-14H,3-6,15-17H2,1-2H3,(H,26,27). The minimum absolute atomic E-state index is 0.0682. The van der Waals surface area contributed by atoms with Crippen molar-refractivity contribution in [1.82, 2.24) is 4.90 Å². The molecule has 2 rings (SSSR count). The SMILES string of the molecule is CN(CCCCCCOc1ccc(N(C)S(=O)(=O)c2ccc(Br)cc2)cc1)CC(=O)O. The number of nitrogens with zero attached hydrogens (tertiary/aromatic N) is 2.